The van der Waals surface area contributed by atoms with Crippen molar-refractivity contribution in [2.45, 2.75) is 0 Å². The van der Waals surface area contributed by atoms with E-state index in [4.69, 9.17) is 0 Å². The summed E-state index contributed by atoms with van der Waals surface area (Å²) in [7, 11) is 3.82. The third-order valence-electron chi connectivity index (χ3n) is 2.02. The highest BCUT2D eigenvalue weighted by molar-refractivity contribution is 9.10. The molecule has 88 valence electrons. The third-order valence-corrected chi connectivity index (χ3v) is 2.51. The molecule has 0 aliphatic carbocycles. The second-order valence-electron chi connectivity index (χ2n) is 3.68. The number of carbonyl (C=O) groups is 1. The van der Waals surface area contributed by atoms with E-state index >= 15 is 0 Å². The van der Waals surface area contributed by atoms with E-state index in [0.717, 1.165) is 6.54 Å². The normalized spacial score (nSPS) is 10.6. The van der Waals surface area contributed by atoms with Crippen molar-refractivity contribution in [1.29, 1.82) is 0 Å². The molecule has 5 heteroatoms. The molecule has 0 aromatic heterocycles. The summed E-state index contributed by atoms with van der Waals surface area (Å²) < 4.78 is 14.0. The van der Waals surface area contributed by atoms with Gasteiger partial charge in [-0.2, -0.15) is 0 Å². The molecule has 0 aliphatic heterocycles. The summed E-state index contributed by atoms with van der Waals surface area (Å²) in [6.07, 6.45) is 0. The molecule has 0 atom stereocenters. The highest BCUT2D eigenvalue weighted by Gasteiger charge is 2.10. The number of nitrogens with zero attached hydrogens (tertiary/aromatic N) is 1. The van der Waals surface area contributed by atoms with Crippen LogP contribution in [0.4, 0.5) is 4.39 Å². The molecule has 0 saturated carbocycles. The average molecular weight is 289 g/mol. The van der Waals surface area contributed by atoms with Crippen LogP contribution in [-0.4, -0.2) is 38.0 Å². The molecule has 0 spiro atoms. The van der Waals surface area contributed by atoms with Crippen molar-refractivity contribution in [2.24, 2.45) is 0 Å². The molecule has 0 saturated heterocycles. The maximum absolute atomic E-state index is 13.4. The molecule has 0 aliphatic rings. The van der Waals surface area contributed by atoms with Gasteiger partial charge in [-0.05, 0) is 32.3 Å². The fraction of sp³-hybridized carbons (Fsp3) is 0.364. The van der Waals surface area contributed by atoms with Crippen LogP contribution < -0.4 is 5.32 Å². The van der Waals surface area contributed by atoms with E-state index in [1.54, 1.807) is 6.07 Å². The molecule has 1 N–H and O–H groups in total. The first-order valence-electron chi connectivity index (χ1n) is 4.88. The van der Waals surface area contributed by atoms with E-state index in [2.05, 4.69) is 21.2 Å². The Morgan fingerprint density at radius 3 is 2.75 bits per heavy atom. The first-order valence-corrected chi connectivity index (χ1v) is 5.68. The van der Waals surface area contributed by atoms with Crippen LogP contribution >= 0.6 is 15.9 Å². The van der Waals surface area contributed by atoms with Crippen LogP contribution in [0.3, 0.4) is 0 Å². The van der Waals surface area contributed by atoms with E-state index in [1.165, 1.54) is 12.1 Å². The molecule has 0 bridgehead atoms. The van der Waals surface area contributed by atoms with Gasteiger partial charge in [0.25, 0.3) is 5.91 Å². The predicted octanol–water partition coefficient (Wildman–Crippen LogP) is 1.88. The van der Waals surface area contributed by atoms with E-state index < -0.39 is 5.82 Å². The Kier molecular flexibility index (Phi) is 4.89. The summed E-state index contributed by atoms with van der Waals surface area (Å²) in [5.41, 5.74) is 0.0713. The molecule has 1 aromatic carbocycles. The minimum Gasteiger partial charge on any atom is -0.351 e. The van der Waals surface area contributed by atoms with Crippen molar-refractivity contribution in [3.63, 3.8) is 0 Å². The largest absolute Gasteiger partial charge is 0.351 e. The van der Waals surface area contributed by atoms with Gasteiger partial charge in [0.15, 0.2) is 0 Å². The lowest BCUT2D eigenvalue weighted by Gasteiger charge is -2.10. The Morgan fingerprint density at radius 2 is 2.19 bits per heavy atom. The van der Waals surface area contributed by atoms with Crippen LogP contribution in [0.15, 0.2) is 22.7 Å². The monoisotopic (exact) mass is 288 g/mol. The maximum atomic E-state index is 13.4. The number of amides is 1. The van der Waals surface area contributed by atoms with Crippen molar-refractivity contribution in [3.8, 4) is 0 Å². The highest BCUT2D eigenvalue weighted by Crippen LogP contribution is 2.14. The van der Waals surface area contributed by atoms with Crippen LogP contribution in [0, 0.1) is 5.82 Å². The predicted molar refractivity (Wildman–Crippen MR) is 65.0 cm³/mol. The number of likely N-dealkylation sites (N-methyl/N-ethyl adjacent to an activating group) is 1. The van der Waals surface area contributed by atoms with Crippen LogP contribution in [0.2, 0.25) is 0 Å². The van der Waals surface area contributed by atoms with Crippen molar-refractivity contribution in [1.82, 2.24) is 10.2 Å². The lowest BCUT2D eigenvalue weighted by Crippen LogP contribution is -2.31. The van der Waals surface area contributed by atoms with Gasteiger partial charge in [0.05, 0.1) is 5.56 Å². The Morgan fingerprint density at radius 1 is 1.50 bits per heavy atom. The van der Waals surface area contributed by atoms with Gasteiger partial charge in [-0.25, -0.2) is 4.39 Å². The molecule has 1 aromatic rings. The first-order chi connectivity index (χ1) is 7.50. The second-order valence-corrected chi connectivity index (χ2v) is 4.60. The van der Waals surface area contributed by atoms with Gasteiger partial charge in [0.1, 0.15) is 5.82 Å². The number of nitrogens with one attached hydrogen (secondary N) is 1. The lowest BCUT2D eigenvalue weighted by atomic mass is 10.2. The van der Waals surface area contributed by atoms with Crippen molar-refractivity contribution in [2.75, 3.05) is 27.2 Å². The van der Waals surface area contributed by atoms with Crippen LogP contribution in [0.1, 0.15) is 10.4 Å². The van der Waals surface area contributed by atoms with Crippen LogP contribution in [-0.2, 0) is 0 Å². The minimum absolute atomic E-state index is 0.0713. The van der Waals surface area contributed by atoms with Crippen LogP contribution in [0.25, 0.3) is 0 Å². The molecule has 0 unspecified atom stereocenters. The van der Waals surface area contributed by atoms with E-state index in [1.807, 2.05) is 19.0 Å². The molecular formula is C11H14BrFN2O. The quantitative estimate of drug-likeness (QED) is 0.918. The highest BCUT2D eigenvalue weighted by atomic mass is 79.9. The van der Waals surface area contributed by atoms with Crippen LogP contribution in [0.5, 0.6) is 0 Å². The van der Waals surface area contributed by atoms with Gasteiger partial charge in [0.2, 0.25) is 0 Å². The third kappa shape index (κ3) is 3.90. The first kappa shape index (κ1) is 13.1. The zero-order chi connectivity index (χ0) is 12.1. The fourth-order valence-corrected chi connectivity index (χ4v) is 1.50. The van der Waals surface area contributed by atoms with E-state index in [0.29, 0.717) is 11.0 Å². The molecule has 3 nitrogen and oxygen atoms in total. The summed E-state index contributed by atoms with van der Waals surface area (Å²) >= 11 is 3.14. The fourth-order valence-electron chi connectivity index (χ4n) is 1.16. The van der Waals surface area contributed by atoms with Gasteiger partial charge in [-0.3, -0.25) is 4.79 Å². The molecular weight excluding hydrogens is 275 g/mol. The average Bonchev–Trinajstić information content (AvgIpc) is 2.16. The standard InChI is InChI=1S/C11H14BrFN2O/c1-15(2)6-5-14-11(16)9-4-3-8(12)7-10(9)13/h3-4,7H,5-6H2,1-2H3,(H,14,16). The smallest absolute Gasteiger partial charge is 0.254 e. The van der Waals surface area contributed by atoms with E-state index in [9.17, 15) is 9.18 Å². The topological polar surface area (TPSA) is 32.3 Å². The Balaban J connectivity index is 2.59. The molecule has 0 heterocycles. The van der Waals surface area contributed by atoms with Crippen molar-refractivity contribution in [3.05, 3.63) is 34.1 Å². The second kappa shape index (κ2) is 5.96. The van der Waals surface area contributed by atoms with Gasteiger partial charge in [0, 0.05) is 17.6 Å². The molecule has 0 fully saturated rings. The lowest BCUT2D eigenvalue weighted by molar-refractivity contribution is 0.0947. The zero-order valence-electron chi connectivity index (χ0n) is 9.26. The zero-order valence-corrected chi connectivity index (χ0v) is 10.8. The van der Waals surface area contributed by atoms with Gasteiger partial charge < -0.3 is 10.2 Å². The number of carbonyl (C=O) groups excluding carboxylic acids is 1. The molecule has 0 radical (unpaired) electrons. The maximum Gasteiger partial charge on any atom is 0.254 e. The number of benzene rings is 1. The van der Waals surface area contributed by atoms with Crippen molar-refractivity contribution >= 4 is 21.8 Å². The van der Waals surface area contributed by atoms with Crippen molar-refractivity contribution < 1.29 is 9.18 Å². The Hall–Kier alpha value is -0.940. The number of halogens is 2. The SMILES string of the molecule is CN(C)CCNC(=O)c1ccc(Br)cc1F. The molecule has 1 rings (SSSR count). The summed E-state index contributed by atoms with van der Waals surface area (Å²) in [5, 5.41) is 2.65. The summed E-state index contributed by atoms with van der Waals surface area (Å²) in [5.74, 6) is -0.899. The molecule has 16 heavy (non-hydrogen) atoms. The summed E-state index contributed by atoms with van der Waals surface area (Å²) in [6, 6.07) is 4.38. The Labute approximate surface area is 103 Å². The Bertz CT molecular complexity index is 382. The molecule has 1 amide bonds. The summed E-state index contributed by atoms with van der Waals surface area (Å²) in [6.45, 7) is 1.23. The number of hydrogen-bond donors (Lipinski definition) is 1. The van der Waals surface area contributed by atoms with E-state index in [-0.39, 0.29) is 11.5 Å². The summed E-state index contributed by atoms with van der Waals surface area (Å²) in [4.78, 5) is 13.5. The number of rotatable bonds is 4. The number of hydrogen-bond acceptors (Lipinski definition) is 2. The van der Waals surface area contributed by atoms with Gasteiger partial charge in [-0.1, -0.05) is 15.9 Å². The van der Waals surface area contributed by atoms with Gasteiger partial charge >= 0.3 is 0 Å². The minimum atomic E-state index is -0.517. The van der Waals surface area contributed by atoms with Gasteiger partial charge in [-0.15, -0.1) is 0 Å².